The molecule has 112 valence electrons. The van der Waals surface area contributed by atoms with Gasteiger partial charge in [-0.15, -0.1) is 0 Å². The second-order valence-corrected chi connectivity index (χ2v) is 5.43. The maximum atomic E-state index is 6.09. The van der Waals surface area contributed by atoms with Crippen LogP contribution in [0.15, 0.2) is 24.7 Å². The van der Waals surface area contributed by atoms with Gasteiger partial charge in [0.1, 0.15) is 6.33 Å². The second-order valence-electron chi connectivity index (χ2n) is 4.66. The maximum Gasteiger partial charge on any atom is 0.226 e. The molecular formula is C14H18ClN5S. The zero-order chi connectivity index (χ0) is 15.1. The van der Waals surface area contributed by atoms with Crippen LogP contribution in [0.1, 0.15) is 31.9 Å². The fraction of sp³-hybridized carbons (Fsp3) is 0.429. The van der Waals surface area contributed by atoms with Crippen LogP contribution in [-0.4, -0.2) is 26.1 Å². The molecule has 0 spiro atoms. The molecule has 0 saturated carbocycles. The van der Waals surface area contributed by atoms with Crippen LogP contribution in [0.2, 0.25) is 5.02 Å². The lowest BCUT2D eigenvalue weighted by molar-refractivity contribution is 0.702. The molecule has 0 aliphatic carbocycles. The Bertz CT molecular complexity index is 643. The largest absolute Gasteiger partial charge is 0.354 e. The summed E-state index contributed by atoms with van der Waals surface area (Å²) in [5.41, 5.74) is 0.752. The SMILES string of the molecule is CCCCCNc1ncn(Cc2ncccc2Cl)c(=S)n1. The fourth-order valence-electron chi connectivity index (χ4n) is 1.82. The molecule has 5 nitrogen and oxygen atoms in total. The Morgan fingerprint density at radius 1 is 1.33 bits per heavy atom. The number of unbranched alkanes of at least 4 members (excludes halogenated alkanes) is 2. The molecule has 21 heavy (non-hydrogen) atoms. The van der Waals surface area contributed by atoms with Gasteiger partial charge in [-0.2, -0.15) is 4.98 Å². The van der Waals surface area contributed by atoms with Crippen LogP contribution in [0, 0.1) is 4.77 Å². The third-order valence-corrected chi connectivity index (χ3v) is 3.65. The Hall–Kier alpha value is -1.53. The van der Waals surface area contributed by atoms with Gasteiger partial charge in [-0.25, -0.2) is 4.98 Å². The van der Waals surface area contributed by atoms with Gasteiger partial charge < -0.3 is 9.88 Å². The summed E-state index contributed by atoms with van der Waals surface area (Å²) in [6, 6.07) is 3.60. The summed E-state index contributed by atoms with van der Waals surface area (Å²) in [7, 11) is 0. The molecule has 0 amide bonds. The van der Waals surface area contributed by atoms with Crippen molar-refractivity contribution >= 4 is 29.8 Å². The molecule has 2 aromatic rings. The highest BCUT2D eigenvalue weighted by Crippen LogP contribution is 2.13. The Kier molecular flexibility index (Phi) is 6.07. The number of halogens is 1. The number of hydrogen-bond donors (Lipinski definition) is 1. The van der Waals surface area contributed by atoms with E-state index in [0.717, 1.165) is 18.7 Å². The average Bonchev–Trinajstić information content (AvgIpc) is 2.48. The molecule has 7 heteroatoms. The van der Waals surface area contributed by atoms with E-state index < -0.39 is 0 Å². The lowest BCUT2D eigenvalue weighted by Crippen LogP contribution is -2.11. The molecule has 0 aliphatic heterocycles. The van der Waals surface area contributed by atoms with Gasteiger partial charge in [0.2, 0.25) is 10.7 Å². The zero-order valence-electron chi connectivity index (χ0n) is 11.9. The summed E-state index contributed by atoms with van der Waals surface area (Å²) >= 11 is 11.4. The van der Waals surface area contributed by atoms with Gasteiger partial charge in [-0.1, -0.05) is 31.4 Å². The molecule has 1 N–H and O–H groups in total. The van der Waals surface area contributed by atoms with E-state index in [1.165, 1.54) is 12.8 Å². The summed E-state index contributed by atoms with van der Waals surface area (Å²) in [5.74, 6) is 0.569. The third kappa shape index (κ3) is 4.75. The summed E-state index contributed by atoms with van der Waals surface area (Å²) in [4.78, 5) is 12.8. The van der Waals surface area contributed by atoms with Crippen LogP contribution >= 0.6 is 23.8 Å². The van der Waals surface area contributed by atoms with E-state index in [4.69, 9.17) is 23.8 Å². The van der Waals surface area contributed by atoms with Gasteiger partial charge in [0.25, 0.3) is 0 Å². The zero-order valence-corrected chi connectivity index (χ0v) is 13.5. The van der Waals surface area contributed by atoms with E-state index in [9.17, 15) is 0 Å². The van der Waals surface area contributed by atoms with Crippen molar-refractivity contribution in [3.63, 3.8) is 0 Å². The Morgan fingerprint density at radius 3 is 2.90 bits per heavy atom. The van der Waals surface area contributed by atoms with Crippen molar-refractivity contribution in [3.05, 3.63) is 40.1 Å². The molecule has 2 heterocycles. The van der Waals surface area contributed by atoms with Crippen molar-refractivity contribution in [2.24, 2.45) is 0 Å². The first-order valence-corrected chi connectivity index (χ1v) is 7.76. The van der Waals surface area contributed by atoms with Crippen molar-refractivity contribution in [2.75, 3.05) is 11.9 Å². The normalized spacial score (nSPS) is 10.6. The van der Waals surface area contributed by atoms with Crippen molar-refractivity contribution in [1.82, 2.24) is 19.5 Å². The topological polar surface area (TPSA) is 55.6 Å². The summed E-state index contributed by atoms with van der Waals surface area (Å²) in [6.45, 7) is 3.50. The van der Waals surface area contributed by atoms with Crippen molar-refractivity contribution in [3.8, 4) is 0 Å². The monoisotopic (exact) mass is 323 g/mol. The second kappa shape index (κ2) is 8.05. The van der Waals surface area contributed by atoms with Gasteiger partial charge in [0, 0.05) is 12.7 Å². The van der Waals surface area contributed by atoms with Crippen LogP contribution < -0.4 is 5.32 Å². The minimum Gasteiger partial charge on any atom is -0.354 e. The molecule has 0 saturated heterocycles. The first-order valence-electron chi connectivity index (χ1n) is 6.97. The lowest BCUT2D eigenvalue weighted by atomic mass is 10.2. The van der Waals surface area contributed by atoms with Gasteiger partial charge >= 0.3 is 0 Å². The van der Waals surface area contributed by atoms with Crippen LogP contribution in [0.3, 0.4) is 0 Å². The number of nitrogens with zero attached hydrogens (tertiary/aromatic N) is 4. The molecule has 0 atom stereocenters. The molecule has 0 aromatic carbocycles. The minimum atomic E-state index is 0.463. The van der Waals surface area contributed by atoms with E-state index in [1.54, 1.807) is 29.2 Å². The quantitative estimate of drug-likeness (QED) is 0.622. The minimum absolute atomic E-state index is 0.463. The maximum absolute atomic E-state index is 6.09. The van der Waals surface area contributed by atoms with Crippen LogP contribution in [-0.2, 0) is 6.54 Å². The van der Waals surface area contributed by atoms with Crippen LogP contribution in [0.5, 0.6) is 0 Å². The van der Waals surface area contributed by atoms with E-state index in [2.05, 4.69) is 27.2 Å². The fourth-order valence-corrected chi connectivity index (χ4v) is 2.20. The highest BCUT2D eigenvalue weighted by molar-refractivity contribution is 7.71. The standard InChI is InChI=1S/C14H18ClN5S/c1-2-3-4-7-17-13-18-10-20(14(21)19-13)9-12-11(15)6-5-8-16-12/h5-6,8,10H,2-4,7,9H2,1H3,(H,17,19,21). The predicted molar refractivity (Wildman–Crippen MR) is 87.2 cm³/mol. The van der Waals surface area contributed by atoms with E-state index in [0.29, 0.717) is 22.3 Å². The number of nitrogens with one attached hydrogen (secondary N) is 1. The molecule has 0 fully saturated rings. The molecule has 2 aromatic heterocycles. The average molecular weight is 324 g/mol. The van der Waals surface area contributed by atoms with Gasteiger partial charge in [-0.05, 0) is 30.8 Å². The smallest absolute Gasteiger partial charge is 0.226 e. The number of hydrogen-bond acceptors (Lipinski definition) is 5. The Morgan fingerprint density at radius 2 is 2.19 bits per heavy atom. The molecule has 2 rings (SSSR count). The molecule has 0 aliphatic rings. The first-order chi connectivity index (χ1) is 10.2. The summed E-state index contributed by atoms with van der Waals surface area (Å²) in [5, 5.41) is 3.79. The molecule has 0 radical (unpaired) electrons. The van der Waals surface area contributed by atoms with Crippen molar-refractivity contribution < 1.29 is 0 Å². The molecule has 0 unspecified atom stereocenters. The van der Waals surface area contributed by atoms with E-state index in [1.807, 2.05) is 0 Å². The number of anilines is 1. The lowest BCUT2D eigenvalue weighted by Gasteiger charge is -2.08. The first kappa shape index (κ1) is 15.9. The van der Waals surface area contributed by atoms with Crippen molar-refractivity contribution in [2.45, 2.75) is 32.7 Å². The highest BCUT2D eigenvalue weighted by Gasteiger charge is 2.04. The Labute approximate surface area is 134 Å². The molecular weight excluding hydrogens is 306 g/mol. The summed E-state index contributed by atoms with van der Waals surface area (Å²) < 4.78 is 2.21. The molecule has 0 bridgehead atoms. The Balaban J connectivity index is 2.02. The third-order valence-electron chi connectivity index (χ3n) is 2.98. The highest BCUT2D eigenvalue weighted by atomic mass is 35.5. The van der Waals surface area contributed by atoms with Crippen molar-refractivity contribution in [1.29, 1.82) is 0 Å². The number of rotatable bonds is 7. The van der Waals surface area contributed by atoms with Gasteiger partial charge in [-0.3, -0.25) is 4.98 Å². The van der Waals surface area contributed by atoms with Gasteiger partial charge in [0.05, 0.1) is 17.3 Å². The van der Waals surface area contributed by atoms with E-state index in [-0.39, 0.29) is 0 Å². The predicted octanol–water partition coefficient (Wildman–Crippen LogP) is 3.71. The van der Waals surface area contributed by atoms with Crippen LogP contribution in [0.4, 0.5) is 5.95 Å². The summed E-state index contributed by atoms with van der Waals surface area (Å²) in [6.07, 6.45) is 6.86. The number of pyridine rings is 1. The van der Waals surface area contributed by atoms with E-state index >= 15 is 0 Å². The van der Waals surface area contributed by atoms with Gasteiger partial charge in [0.15, 0.2) is 0 Å². The number of aromatic nitrogens is 4. The van der Waals surface area contributed by atoms with Crippen LogP contribution in [0.25, 0.3) is 0 Å².